The zero-order valence-corrected chi connectivity index (χ0v) is 44.2. The minimum Gasteiger partial charge on any atom is -0.310 e. The van der Waals surface area contributed by atoms with Crippen molar-refractivity contribution < 1.29 is 0 Å². The fourth-order valence-electron chi connectivity index (χ4n) is 11.9. The van der Waals surface area contributed by atoms with E-state index >= 15 is 0 Å². The van der Waals surface area contributed by atoms with Crippen LogP contribution in [-0.2, 0) is 0 Å². The van der Waals surface area contributed by atoms with Crippen LogP contribution in [0.25, 0.3) is 77.5 Å². The Hall–Kier alpha value is -9.86. The third kappa shape index (κ3) is 8.94. The van der Waals surface area contributed by atoms with Crippen molar-refractivity contribution in [3.05, 3.63) is 334 Å². The number of hydrogen-bond donors (Lipinski definition) is 0. The van der Waals surface area contributed by atoms with E-state index < -0.39 is 8.07 Å². The molecule has 13 rings (SSSR count). The van der Waals surface area contributed by atoms with Gasteiger partial charge in [0.05, 0.1) is 0 Å². The van der Waals surface area contributed by atoms with Gasteiger partial charge in [0.1, 0.15) is 0 Å². The van der Waals surface area contributed by atoms with E-state index in [2.05, 4.69) is 339 Å². The molecule has 0 spiro atoms. The average Bonchev–Trinajstić information content (AvgIpc) is 3.57. The molecule has 0 amide bonds. The highest BCUT2D eigenvalue weighted by atomic mass is 28.3. The van der Waals surface area contributed by atoms with Gasteiger partial charge in [0.15, 0.2) is 8.07 Å². The molecule has 13 aromatic rings. The van der Waals surface area contributed by atoms with Gasteiger partial charge in [0, 0.05) is 17.1 Å². The first-order valence-electron chi connectivity index (χ1n) is 26.9. The average molecular weight is 1010 g/mol. The maximum Gasteiger partial charge on any atom is 0.179 e. The predicted octanol–water partition coefficient (Wildman–Crippen LogP) is 17.7. The summed E-state index contributed by atoms with van der Waals surface area (Å²) in [4.78, 5) is 2.44. The molecule has 0 aliphatic rings. The fourth-order valence-corrected chi connectivity index (χ4v) is 16.7. The maximum absolute atomic E-state index is 2.85. The van der Waals surface area contributed by atoms with Crippen LogP contribution in [0.1, 0.15) is 0 Å². The number of hydrogen-bond acceptors (Lipinski definition) is 1. The molecule has 0 N–H and O–H groups in total. The summed E-state index contributed by atoms with van der Waals surface area (Å²) in [6.07, 6.45) is 0. The summed E-state index contributed by atoms with van der Waals surface area (Å²) in [7, 11) is -2.85. The molecule has 368 valence electrons. The van der Waals surface area contributed by atoms with Gasteiger partial charge in [-0.15, -0.1) is 0 Å². The Kier molecular flexibility index (Phi) is 13.1. The number of nitrogens with zero attached hydrogens (tertiary/aromatic N) is 1. The summed E-state index contributed by atoms with van der Waals surface area (Å²) in [6.45, 7) is 0. The van der Waals surface area contributed by atoms with Crippen molar-refractivity contribution in [2.75, 3.05) is 4.90 Å². The summed E-state index contributed by atoms with van der Waals surface area (Å²) in [5.41, 5.74) is 17.5. The monoisotopic (exact) mass is 1010 g/mol. The molecule has 0 bridgehead atoms. The molecule has 0 aliphatic heterocycles. The first-order chi connectivity index (χ1) is 38.7. The highest BCUT2D eigenvalue weighted by molar-refractivity contribution is 7.19. The molecule has 78 heavy (non-hydrogen) atoms. The van der Waals surface area contributed by atoms with E-state index in [-0.39, 0.29) is 0 Å². The van der Waals surface area contributed by atoms with Crippen molar-refractivity contribution in [3.8, 4) is 66.8 Å². The molecule has 0 radical (unpaired) electrons. The standard InChI is InChI=1S/C76H55NSi/c1-9-27-56(28-10-1)62-37-25-38-65(53-62)77(66-39-26-46-70(55-66)78(67-40-19-6-20-41-67,68-42-21-7-22-43-68)69-44-23-8-24-45-69)64-50-47-57(48-51-64)63-49-52-71-72(54-63)74(59-31-13-3-14-32-59)76(61-35-17-5-18-36-61)75(60-33-15-4-16-34-60)73(71)58-29-11-2-12-30-58/h1-55H. The number of anilines is 3. The zero-order valence-electron chi connectivity index (χ0n) is 43.2. The number of fused-ring (bicyclic) bond motifs is 1. The van der Waals surface area contributed by atoms with Crippen LogP contribution in [0.2, 0.25) is 0 Å². The van der Waals surface area contributed by atoms with Gasteiger partial charge in [0.2, 0.25) is 0 Å². The predicted molar refractivity (Wildman–Crippen MR) is 335 cm³/mol. The first-order valence-corrected chi connectivity index (χ1v) is 28.9. The second-order valence-corrected chi connectivity index (χ2v) is 23.7. The molecule has 0 saturated carbocycles. The van der Waals surface area contributed by atoms with E-state index in [4.69, 9.17) is 0 Å². The van der Waals surface area contributed by atoms with E-state index in [1.54, 1.807) is 0 Å². The van der Waals surface area contributed by atoms with Gasteiger partial charge in [-0.25, -0.2) is 0 Å². The normalized spacial score (nSPS) is 11.3. The highest BCUT2D eigenvalue weighted by Gasteiger charge is 2.41. The van der Waals surface area contributed by atoms with Crippen LogP contribution >= 0.6 is 0 Å². The van der Waals surface area contributed by atoms with Crippen LogP contribution in [0.3, 0.4) is 0 Å². The second-order valence-electron chi connectivity index (χ2n) is 19.9. The van der Waals surface area contributed by atoms with Crippen molar-refractivity contribution in [3.63, 3.8) is 0 Å². The molecule has 0 fully saturated rings. The lowest BCUT2D eigenvalue weighted by Crippen LogP contribution is -2.74. The van der Waals surface area contributed by atoms with Crippen LogP contribution in [-0.4, -0.2) is 8.07 Å². The van der Waals surface area contributed by atoms with E-state index in [0.29, 0.717) is 0 Å². The third-order valence-corrected chi connectivity index (χ3v) is 20.2. The SMILES string of the molecule is c1ccc(-c2cccc(N(c3ccc(-c4ccc5c(-c6ccccc6)c(-c6ccccc6)c(-c6ccccc6)c(-c6ccccc6)c5c4)cc3)c3cccc([Si](c4ccccc4)(c4ccccc4)c4ccccc4)c3)c2)cc1. The van der Waals surface area contributed by atoms with Crippen molar-refractivity contribution in [1.82, 2.24) is 0 Å². The number of benzene rings is 13. The largest absolute Gasteiger partial charge is 0.310 e. The summed E-state index contributed by atoms with van der Waals surface area (Å²) in [5.74, 6) is 0. The van der Waals surface area contributed by atoms with Crippen molar-refractivity contribution >= 4 is 56.7 Å². The van der Waals surface area contributed by atoms with E-state index in [1.807, 2.05) is 0 Å². The smallest absolute Gasteiger partial charge is 0.179 e. The molecule has 0 unspecified atom stereocenters. The minimum atomic E-state index is -2.85. The molecule has 0 atom stereocenters. The van der Waals surface area contributed by atoms with Gasteiger partial charge in [0.25, 0.3) is 0 Å². The Morgan fingerprint density at radius 3 is 0.962 bits per heavy atom. The lowest BCUT2D eigenvalue weighted by molar-refractivity contribution is 1.29. The van der Waals surface area contributed by atoms with Gasteiger partial charge in [-0.05, 0) is 141 Å². The molecule has 1 nitrogen and oxygen atoms in total. The van der Waals surface area contributed by atoms with E-state index in [1.165, 1.54) is 81.6 Å². The van der Waals surface area contributed by atoms with Gasteiger partial charge in [-0.2, -0.15) is 0 Å². The molecule has 2 heteroatoms. The molecule has 0 heterocycles. The lowest BCUT2D eigenvalue weighted by atomic mass is 9.78. The Bertz CT molecular complexity index is 4040. The Labute approximate surface area is 459 Å². The van der Waals surface area contributed by atoms with Crippen LogP contribution in [0.4, 0.5) is 17.1 Å². The lowest BCUT2D eigenvalue weighted by Gasteiger charge is -2.35. The maximum atomic E-state index is 2.47. The van der Waals surface area contributed by atoms with Gasteiger partial charge < -0.3 is 4.90 Å². The summed E-state index contributed by atoms with van der Waals surface area (Å²) < 4.78 is 0. The summed E-state index contributed by atoms with van der Waals surface area (Å²) in [5, 5.41) is 7.76. The summed E-state index contributed by atoms with van der Waals surface area (Å²) in [6, 6.07) is 123. The topological polar surface area (TPSA) is 3.24 Å². The Balaban J connectivity index is 1.01. The van der Waals surface area contributed by atoms with Gasteiger partial charge >= 0.3 is 0 Å². The molecular formula is C76H55NSi. The van der Waals surface area contributed by atoms with Crippen LogP contribution in [0.5, 0.6) is 0 Å². The van der Waals surface area contributed by atoms with E-state index in [0.717, 1.165) is 33.8 Å². The first kappa shape index (κ1) is 47.8. The van der Waals surface area contributed by atoms with Crippen LogP contribution < -0.4 is 25.6 Å². The Morgan fingerprint density at radius 2 is 0.500 bits per heavy atom. The van der Waals surface area contributed by atoms with Gasteiger partial charge in [-0.1, -0.05) is 291 Å². The van der Waals surface area contributed by atoms with Gasteiger partial charge in [-0.3, -0.25) is 0 Å². The quantitative estimate of drug-likeness (QED) is 0.0822. The van der Waals surface area contributed by atoms with Crippen molar-refractivity contribution in [2.24, 2.45) is 0 Å². The molecular weight excluding hydrogens is 955 g/mol. The number of rotatable bonds is 13. The molecule has 0 saturated heterocycles. The van der Waals surface area contributed by atoms with E-state index in [9.17, 15) is 0 Å². The second kappa shape index (κ2) is 21.4. The molecule has 13 aromatic carbocycles. The van der Waals surface area contributed by atoms with Crippen molar-refractivity contribution in [2.45, 2.75) is 0 Å². The zero-order chi connectivity index (χ0) is 52.1. The molecule has 0 aromatic heterocycles. The van der Waals surface area contributed by atoms with Crippen LogP contribution in [0, 0.1) is 0 Å². The minimum absolute atomic E-state index is 1.07. The molecule has 0 aliphatic carbocycles. The van der Waals surface area contributed by atoms with Crippen LogP contribution in [0.15, 0.2) is 334 Å². The third-order valence-electron chi connectivity index (χ3n) is 15.4. The highest BCUT2D eigenvalue weighted by Crippen LogP contribution is 2.51. The Morgan fingerprint density at radius 1 is 0.179 bits per heavy atom. The fraction of sp³-hybridized carbons (Fsp3) is 0. The summed E-state index contributed by atoms with van der Waals surface area (Å²) >= 11 is 0. The van der Waals surface area contributed by atoms with Crippen molar-refractivity contribution in [1.29, 1.82) is 0 Å².